The minimum Gasteiger partial charge on any atom is -0.461 e. The summed E-state index contributed by atoms with van der Waals surface area (Å²) < 4.78 is 10.2. The van der Waals surface area contributed by atoms with Crippen molar-refractivity contribution >= 4 is 11.9 Å². The van der Waals surface area contributed by atoms with E-state index < -0.39 is 18.4 Å². The Labute approximate surface area is 152 Å². The standard InChI is InChI=1S/C20H26O6/c1-11-3-6-20-10-25-18(24)14(20)8-13(21)9-15(20)19(11,2)5-4-12-7-16(22)26-17(12)23/h7-8,11,13,15,17,21,23H,3-6,9-10H2,1-2H3/t11-,13-,15+,17-,19-,20-/m0/s1. The SMILES string of the molecule is C[C@H]1CC[C@]23COC(=O)C2=C[C@H](O)C[C@@H]3[C@@]1(C)CCC1=CC(=O)O[C@@H]1O. The molecule has 6 atom stereocenters. The Hall–Kier alpha value is -1.66. The molecule has 0 amide bonds. The molecule has 26 heavy (non-hydrogen) atoms. The molecule has 6 nitrogen and oxygen atoms in total. The van der Waals surface area contributed by atoms with E-state index in [1.54, 1.807) is 6.08 Å². The monoisotopic (exact) mass is 362 g/mol. The van der Waals surface area contributed by atoms with Gasteiger partial charge in [-0.25, -0.2) is 9.59 Å². The summed E-state index contributed by atoms with van der Waals surface area (Å²) in [6.07, 6.45) is 5.08. The van der Waals surface area contributed by atoms with Crippen LogP contribution in [-0.4, -0.2) is 41.2 Å². The number of hydrogen-bond acceptors (Lipinski definition) is 6. The summed E-state index contributed by atoms with van der Waals surface area (Å²) in [5.74, 6) is -0.274. The van der Waals surface area contributed by atoms with E-state index in [1.807, 2.05) is 0 Å². The Bertz CT molecular complexity index is 709. The van der Waals surface area contributed by atoms with Crippen LogP contribution < -0.4 is 0 Å². The summed E-state index contributed by atoms with van der Waals surface area (Å²) in [5, 5.41) is 20.3. The van der Waals surface area contributed by atoms with Crippen LogP contribution in [0.5, 0.6) is 0 Å². The van der Waals surface area contributed by atoms with Crippen LogP contribution in [0.2, 0.25) is 0 Å². The topological polar surface area (TPSA) is 93.1 Å². The minimum absolute atomic E-state index is 0.121. The first-order chi connectivity index (χ1) is 12.3. The molecule has 2 aliphatic carbocycles. The summed E-state index contributed by atoms with van der Waals surface area (Å²) in [4.78, 5) is 23.6. The second kappa shape index (κ2) is 5.92. The Morgan fingerprint density at radius 1 is 1.31 bits per heavy atom. The Kier molecular flexibility index (Phi) is 4.04. The molecule has 4 rings (SSSR count). The normalized spacial score (nSPS) is 44.6. The molecule has 0 unspecified atom stereocenters. The molecule has 1 spiro atoms. The van der Waals surface area contributed by atoms with Gasteiger partial charge in [-0.05, 0) is 55.4 Å². The van der Waals surface area contributed by atoms with Crippen molar-refractivity contribution in [1.82, 2.24) is 0 Å². The van der Waals surface area contributed by atoms with Gasteiger partial charge >= 0.3 is 11.9 Å². The van der Waals surface area contributed by atoms with E-state index in [2.05, 4.69) is 13.8 Å². The Balaban J connectivity index is 1.64. The summed E-state index contributed by atoms with van der Waals surface area (Å²) >= 11 is 0. The number of hydrogen-bond donors (Lipinski definition) is 2. The quantitative estimate of drug-likeness (QED) is 0.745. The summed E-state index contributed by atoms with van der Waals surface area (Å²) in [7, 11) is 0. The van der Waals surface area contributed by atoms with Gasteiger partial charge in [-0.15, -0.1) is 0 Å². The van der Waals surface area contributed by atoms with E-state index in [4.69, 9.17) is 9.47 Å². The zero-order valence-electron chi connectivity index (χ0n) is 15.2. The first-order valence-corrected chi connectivity index (χ1v) is 9.43. The van der Waals surface area contributed by atoms with Gasteiger partial charge in [-0.2, -0.15) is 0 Å². The van der Waals surface area contributed by atoms with Gasteiger partial charge in [-0.1, -0.05) is 13.8 Å². The third kappa shape index (κ3) is 2.46. The van der Waals surface area contributed by atoms with E-state index in [0.717, 1.165) is 19.3 Å². The predicted octanol–water partition coefficient (Wildman–Crippen LogP) is 1.85. The highest BCUT2D eigenvalue weighted by Gasteiger charge is 2.61. The molecule has 0 bridgehead atoms. The lowest BCUT2D eigenvalue weighted by Crippen LogP contribution is -2.53. The zero-order chi connectivity index (χ0) is 18.7. The molecule has 1 saturated carbocycles. The summed E-state index contributed by atoms with van der Waals surface area (Å²) in [6.45, 7) is 4.83. The van der Waals surface area contributed by atoms with Crippen LogP contribution >= 0.6 is 0 Å². The second-order valence-corrected chi connectivity index (χ2v) is 8.62. The molecule has 0 aromatic heterocycles. The van der Waals surface area contributed by atoms with Crippen LogP contribution in [0.1, 0.15) is 46.0 Å². The predicted molar refractivity (Wildman–Crippen MR) is 91.5 cm³/mol. The lowest BCUT2D eigenvalue weighted by molar-refractivity contribution is -0.151. The number of aliphatic hydroxyl groups is 2. The largest absolute Gasteiger partial charge is 0.461 e. The van der Waals surface area contributed by atoms with Crippen molar-refractivity contribution in [2.75, 3.05) is 6.61 Å². The van der Waals surface area contributed by atoms with Crippen LogP contribution in [0.4, 0.5) is 0 Å². The van der Waals surface area contributed by atoms with Crippen molar-refractivity contribution in [3.63, 3.8) is 0 Å². The lowest BCUT2D eigenvalue weighted by Gasteiger charge is -2.57. The number of cyclic esters (lactones) is 2. The van der Waals surface area contributed by atoms with Gasteiger partial charge in [0.2, 0.25) is 6.29 Å². The van der Waals surface area contributed by atoms with E-state index in [-0.39, 0.29) is 22.7 Å². The molecule has 2 fully saturated rings. The highest BCUT2D eigenvalue weighted by Crippen LogP contribution is 2.64. The maximum Gasteiger partial charge on any atom is 0.334 e. The molecule has 1 saturated heterocycles. The fourth-order valence-corrected chi connectivity index (χ4v) is 5.70. The van der Waals surface area contributed by atoms with Crippen LogP contribution in [0.25, 0.3) is 0 Å². The number of rotatable bonds is 3. The van der Waals surface area contributed by atoms with E-state index in [1.165, 1.54) is 6.08 Å². The Morgan fingerprint density at radius 3 is 2.77 bits per heavy atom. The van der Waals surface area contributed by atoms with Crippen molar-refractivity contribution < 1.29 is 29.3 Å². The van der Waals surface area contributed by atoms with Crippen molar-refractivity contribution in [1.29, 1.82) is 0 Å². The van der Waals surface area contributed by atoms with Crippen LogP contribution in [-0.2, 0) is 19.1 Å². The maximum atomic E-state index is 12.2. The number of aliphatic hydroxyl groups excluding tert-OH is 2. The molecular weight excluding hydrogens is 336 g/mol. The van der Waals surface area contributed by atoms with Crippen molar-refractivity contribution in [3.05, 3.63) is 23.3 Å². The molecule has 0 aromatic carbocycles. The number of carbonyl (C=O) groups is 2. The van der Waals surface area contributed by atoms with Crippen molar-refractivity contribution in [3.8, 4) is 0 Å². The number of ether oxygens (including phenoxy) is 2. The molecule has 4 aliphatic rings. The van der Waals surface area contributed by atoms with Gasteiger partial charge in [0.15, 0.2) is 0 Å². The van der Waals surface area contributed by atoms with E-state index in [9.17, 15) is 19.8 Å². The number of carbonyl (C=O) groups excluding carboxylic acids is 2. The van der Waals surface area contributed by atoms with E-state index in [0.29, 0.717) is 36.5 Å². The van der Waals surface area contributed by atoms with Gasteiger partial charge in [0.1, 0.15) is 6.61 Å². The van der Waals surface area contributed by atoms with Crippen molar-refractivity contribution in [2.24, 2.45) is 22.7 Å². The Morgan fingerprint density at radius 2 is 2.08 bits per heavy atom. The first-order valence-electron chi connectivity index (χ1n) is 9.43. The van der Waals surface area contributed by atoms with E-state index >= 15 is 0 Å². The average molecular weight is 362 g/mol. The third-order valence-corrected chi connectivity index (χ3v) is 7.47. The van der Waals surface area contributed by atoms with Crippen molar-refractivity contribution in [2.45, 2.75) is 58.3 Å². The molecular formula is C20H26O6. The van der Waals surface area contributed by atoms with Gasteiger partial charge in [0.05, 0.1) is 6.10 Å². The van der Waals surface area contributed by atoms with Gasteiger partial charge < -0.3 is 19.7 Å². The maximum absolute atomic E-state index is 12.2. The highest BCUT2D eigenvalue weighted by molar-refractivity contribution is 5.93. The smallest absolute Gasteiger partial charge is 0.334 e. The molecule has 2 heterocycles. The fraction of sp³-hybridized carbons (Fsp3) is 0.700. The fourth-order valence-electron chi connectivity index (χ4n) is 5.70. The molecule has 0 aromatic rings. The second-order valence-electron chi connectivity index (χ2n) is 8.62. The lowest BCUT2D eigenvalue weighted by atomic mass is 9.46. The molecule has 2 N–H and O–H groups in total. The van der Waals surface area contributed by atoms with Gasteiger partial charge in [-0.3, -0.25) is 0 Å². The number of esters is 2. The molecule has 6 heteroatoms. The van der Waals surface area contributed by atoms with Gasteiger partial charge in [0.25, 0.3) is 0 Å². The zero-order valence-corrected chi connectivity index (χ0v) is 15.2. The van der Waals surface area contributed by atoms with Gasteiger partial charge in [0, 0.05) is 22.6 Å². The van der Waals surface area contributed by atoms with Crippen LogP contribution in [0.15, 0.2) is 23.3 Å². The molecule has 0 radical (unpaired) electrons. The average Bonchev–Trinajstić information content (AvgIpc) is 3.09. The molecule has 142 valence electrons. The highest BCUT2D eigenvalue weighted by atomic mass is 16.6. The summed E-state index contributed by atoms with van der Waals surface area (Å²) in [5.41, 5.74) is 0.804. The third-order valence-electron chi connectivity index (χ3n) is 7.47. The van der Waals surface area contributed by atoms with Crippen LogP contribution in [0, 0.1) is 22.7 Å². The molecule has 2 aliphatic heterocycles. The minimum atomic E-state index is -1.15. The van der Waals surface area contributed by atoms with Crippen LogP contribution in [0.3, 0.4) is 0 Å². The first kappa shape index (κ1) is 17.7. The summed E-state index contributed by atoms with van der Waals surface area (Å²) in [6, 6.07) is 0.